The van der Waals surface area contributed by atoms with Gasteiger partial charge in [0.15, 0.2) is 0 Å². The van der Waals surface area contributed by atoms with Gasteiger partial charge in [-0.25, -0.2) is 0 Å². The molecule has 1 aliphatic rings. The van der Waals surface area contributed by atoms with Crippen LogP contribution in [0, 0.1) is 17.0 Å². The summed E-state index contributed by atoms with van der Waals surface area (Å²) < 4.78 is 0. The molecular formula is C13H15BrN2O3. The largest absolute Gasteiger partial charge is 0.346 e. The molecule has 0 bridgehead atoms. The van der Waals surface area contributed by atoms with Gasteiger partial charge in [0.05, 0.1) is 10.5 Å². The topological polar surface area (TPSA) is 72.2 Å². The van der Waals surface area contributed by atoms with E-state index in [0.29, 0.717) is 10.9 Å². The van der Waals surface area contributed by atoms with E-state index in [-0.39, 0.29) is 17.1 Å². The predicted molar refractivity (Wildman–Crippen MR) is 75.7 cm³/mol. The van der Waals surface area contributed by atoms with Crippen molar-refractivity contribution in [2.75, 3.05) is 5.33 Å². The van der Waals surface area contributed by atoms with Gasteiger partial charge in [0.2, 0.25) is 0 Å². The number of nitro benzene ring substituents is 1. The van der Waals surface area contributed by atoms with Gasteiger partial charge in [-0.2, -0.15) is 0 Å². The zero-order valence-electron chi connectivity index (χ0n) is 10.6. The van der Waals surface area contributed by atoms with Crippen molar-refractivity contribution < 1.29 is 9.72 Å². The number of nitro groups is 1. The number of alkyl halides is 1. The molecule has 1 aromatic rings. The number of benzene rings is 1. The Labute approximate surface area is 119 Å². The van der Waals surface area contributed by atoms with Crippen molar-refractivity contribution in [3.05, 3.63) is 39.4 Å². The molecule has 0 spiro atoms. The average molecular weight is 327 g/mol. The molecule has 1 amide bonds. The number of aryl methyl sites for hydroxylation is 1. The third-order valence-corrected chi connectivity index (χ3v) is 4.70. The maximum atomic E-state index is 12.3. The van der Waals surface area contributed by atoms with E-state index in [1.54, 1.807) is 13.0 Å². The lowest BCUT2D eigenvalue weighted by Crippen LogP contribution is -2.55. The van der Waals surface area contributed by atoms with Crippen LogP contribution in [-0.4, -0.2) is 21.7 Å². The molecule has 0 radical (unpaired) electrons. The van der Waals surface area contributed by atoms with Crippen molar-refractivity contribution >= 4 is 27.5 Å². The Kier molecular flexibility index (Phi) is 3.89. The minimum atomic E-state index is -0.486. The van der Waals surface area contributed by atoms with Crippen molar-refractivity contribution in [3.8, 4) is 0 Å². The number of carbonyl (C=O) groups is 1. The van der Waals surface area contributed by atoms with Crippen LogP contribution in [0.25, 0.3) is 0 Å². The Bertz CT molecular complexity index is 521. The van der Waals surface area contributed by atoms with Gasteiger partial charge in [-0.1, -0.05) is 22.0 Å². The van der Waals surface area contributed by atoms with Gasteiger partial charge < -0.3 is 5.32 Å². The number of non-ortho nitro benzene ring substituents is 1. The fourth-order valence-corrected chi connectivity index (χ4v) is 2.87. The summed E-state index contributed by atoms with van der Waals surface area (Å²) in [7, 11) is 0. The van der Waals surface area contributed by atoms with Crippen LogP contribution in [0.2, 0.25) is 0 Å². The lowest BCUT2D eigenvalue weighted by Gasteiger charge is -2.41. The normalized spacial score (nSPS) is 16.5. The Morgan fingerprint density at radius 1 is 1.53 bits per heavy atom. The number of halogens is 1. The van der Waals surface area contributed by atoms with E-state index < -0.39 is 4.92 Å². The molecule has 2 rings (SSSR count). The lowest BCUT2D eigenvalue weighted by atomic mass is 9.78. The smallest absolute Gasteiger partial charge is 0.270 e. The van der Waals surface area contributed by atoms with E-state index in [1.807, 2.05) is 0 Å². The number of hydrogen-bond acceptors (Lipinski definition) is 3. The molecule has 5 nitrogen and oxygen atoms in total. The van der Waals surface area contributed by atoms with Crippen molar-refractivity contribution in [3.63, 3.8) is 0 Å². The molecule has 0 atom stereocenters. The van der Waals surface area contributed by atoms with E-state index in [4.69, 9.17) is 0 Å². The van der Waals surface area contributed by atoms with Crippen molar-refractivity contribution in [1.29, 1.82) is 0 Å². The monoisotopic (exact) mass is 326 g/mol. The molecule has 0 aliphatic heterocycles. The molecule has 6 heteroatoms. The van der Waals surface area contributed by atoms with E-state index >= 15 is 0 Å². The van der Waals surface area contributed by atoms with Crippen LogP contribution in [0.15, 0.2) is 18.2 Å². The fourth-order valence-electron chi connectivity index (χ4n) is 2.17. The second-order valence-electron chi connectivity index (χ2n) is 4.98. The number of carbonyl (C=O) groups excluding carboxylic acids is 1. The van der Waals surface area contributed by atoms with Crippen LogP contribution >= 0.6 is 15.9 Å². The summed E-state index contributed by atoms with van der Waals surface area (Å²) in [6, 6.07) is 4.36. The summed E-state index contributed by atoms with van der Waals surface area (Å²) in [4.78, 5) is 22.5. The molecule has 19 heavy (non-hydrogen) atoms. The maximum Gasteiger partial charge on any atom is 0.270 e. The number of hydrogen-bond donors (Lipinski definition) is 1. The average Bonchev–Trinajstić information content (AvgIpc) is 2.33. The molecule has 1 aliphatic carbocycles. The zero-order chi connectivity index (χ0) is 14.0. The maximum absolute atomic E-state index is 12.3. The van der Waals surface area contributed by atoms with Gasteiger partial charge >= 0.3 is 0 Å². The van der Waals surface area contributed by atoms with Crippen molar-refractivity contribution in [1.82, 2.24) is 5.32 Å². The summed E-state index contributed by atoms with van der Waals surface area (Å²) in [5.74, 6) is -0.236. The van der Waals surface area contributed by atoms with Gasteiger partial charge in [-0.05, 0) is 31.7 Å². The standard InChI is InChI=1S/C13H15BrN2O3/c1-9-3-4-10(16(18)19)7-11(9)12(17)15-13(8-14)5-2-6-13/h3-4,7H,2,5-6,8H2,1H3,(H,15,17). The zero-order valence-corrected chi connectivity index (χ0v) is 12.2. The highest BCUT2D eigenvalue weighted by Crippen LogP contribution is 2.34. The van der Waals surface area contributed by atoms with E-state index in [0.717, 1.165) is 24.8 Å². The van der Waals surface area contributed by atoms with Crippen LogP contribution < -0.4 is 5.32 Å². The van der Waals surface area contributed by atoms with Gasteiger partial charge in [-0.3, -0.25) is 14.9 Å². The Hall–Kier alpha value is -1.43. The summed E-state index contributed by atoms with van der Waals surface area (Å²) in [5, 5.41) is 14.5. The predicted octanol–water partition coefficient (Wildman–Crippen LogP) is 2.95. The Balaban J connectivity index is 2.23. The number of nitrogens with one attached hydrogen (secondary N) is 1. The summed E-state index contributed by atoms with van der Waals surface area (Å²) in [6.45, 7) is 1.78. The highest BCUT2D eigenvalue weighted by molar-refractivity contribution is 9.09. The highest BCUT2D eigenvalue weighted by atomic mass is 79.9. The van der Waals surface area contributed by atoms with Crippen LogP contribution in [-0.2, 0) is 0 Å². The first-order valence-electron chi connectivity index (χ1n) is 6.11. The van der Waals surface area contributed by atoms with E-state index in [1.165, 1.54) is 12.1 Å². The third-order valence-electron chi connectivity index (χ3n) is 3.62. The molecule has 0 aromatic heterocycles. The summed E-state index contributed by atoms with van der Waals surface area (Å²) >= 11 is 3.42. The Morgan fingerprint density at radius 3 is 2.68 bits per heavy atom. The van der Waals surface area contributed by atoms with Gasteiger partial charge in [0.25, 0.3) is 11.6 Å². The third kappa shape index (κ3) is 2.78. The second kappa shape index (κ2) is 5.28. The molecule has 102 valence electrons. The number of amides is 1. The second-order valence-corrected chi connectivity index (χ2v) is 5.54. The molecule has 0 heterocycles. The molecule has 0 saturated heterocycles. The van der Waals surface area contributed by atoms with E-state index in [2.05, 4.69) is 21.2 Å². The van der Waals surface area contributed by atoms with Crippen LogP contribution in [0.4, 0.5) is 5.69 Å². The van der Waals surface area contributed by atoms with Crippen LogP contribution in [0.5, 0.6) is 0 Å². The minimum absolute atomic E-state index is 0.0581. The lowest BCUT2D eigenvalue weighted by molar-refractivity contribution is -0.384. The molecule has 1 fully saturated rings. The summed E-state index contributed by atoms with van der Waals surface area (Å²) in [6.07, 6.45) is 2.98. The quantitative estimate of drug-likeness (QED) is 0.525. The fraction of sp³-hybridized carbons (Fsp3) is 0.462. The van der Waals surface area contributed by atoms with E-state index in [9.17, 15) is 14.9 Å². The molecule has 1 N–H and O–H groups in total. The molecular weight excluding hydrogens is 312 g/mol. The van der Waals surface area contributed by atoms with Gasteiger partial charge in [0.1, 0.15) is 0 Å². The molecule has 1 saturated carbocycles. The first-order valence-corrected chi connectivity index (χ1v) is 7.23. The molecule has 0 unspecified atom stereocenters. The Morgan fingerprint density at radius 2 is 2.21 bits per heavy atom. The SMILES string of the molecule is Cc1ccc([N+](=O)[O-])cc1C(=O)NC1(CBr)CCC1. The van der Waals surface area contributed by atoms with Crippen molar-refractivity contribution in [2.24, 2.45) is 0 Å². The summed E-state index contributed by atoms with van der Waals surface area (Å²) in [5.41, 5.74) is 0.875. The van der Waals surface area contributed by atoms with Crippen LogP contribution in [0.1, 0.15) is 35.2 Å². The molecule has 1 aromatic carbocycles. The van der Waals surface area contributed by atoms with Crippen LogP contribution in [0.3, 0.4) is 0 Å². The minimum Gasteiger partial charge on any atom is -0.346 e. The number of nitrogens with zero attached hydrogens (tertiary/aromatic N) is 1. The first kappa shape index (κ1) is 14.0. The highest BCUT2D eigenvalue weighted by Gasteiger charge is 2.37. The number of rotatable bonds is 4. The van der Waals surface area contributed by atoms with Gasteiger partial charge in [-0.15, -0.1) is 0 Å². The van der Waals surface area contributed by atoms with Gasteiger partial charge in [0, 0.05) is 23.0 Å². The first-order chi connectivity index (χ1) is 8.97. The van der Waals surface area contributed by atoms with Crippen molar-refractivity contribution in [2.45, 2.75) is 31.7 Å².